The molecule has 0 aromatic heterocycles. The van der Waals surface area contributed by atoms with Gasteiger partial charge in [0.2, 0.25) is 0 Å². The van der Waals surface area contributed by atoms with Crippen LogP contribution in [-0.2, 0) is 0 Å². The van der Waals surface area contributed by atoms with Crippen molar-refractivity contribution in [1.29, 1.82) is 0 Å². The molecule has 4 rings (SSSR count). The number of likely N-dealkylation sites (N-methyl/N-ethyl adjacent to an activating group) is 1. The van der Waals surface area contributed by atoms with Gasteiger partial charge in [-0.05, 0) is 36.8 Å². The van der Waals surface area contributed by atoms with E-state index in [4.69, 9.17) is 0 Å². The van der Waals surface area contributed by atoms with Crippen LogP contribution in [0, 0.1) is 0 Å². The van der Waals surface area contributed by atoms with Crippen molar-refractivity contribution in [2.24, 2.45) is 5.10 Å². The van der Waals surface area contributed by atoms with Gasteiger partial charge in [0.25, 0.3) is 5.91 Å². The number of carbonyl (C=O) groups excluding carboxylic acids is 1. The summed E-state index contributed by atoms with van der Waals surface area (Å²) in [7, 11) is 0. The molecule has 1 aliphatic heterocycles. The van der Waals surface area contributed by atoms with E-state index in [1.54, 1.807) is 0 Å². The molecule has 1 amide bonds. The lowest BCUT2D eigenvalue weighted by molar-refractivity contribution is 0.0956. The van der Waals surface area contributed by atoms with E-state index in [-0.39, 0.29) is 11.9 Å². The Kier molecular flexibility index (Phi) is 4.17. The third kappa shape index (κ3) is 2.64. The lowest BCUT2D eigenvalue weighted by atomic mass is 10.0. The normalized spacial score (nSPS) is 17.5. The van der Waals surface area contributed by atoms with Crippen LogP contribution < -0.4 is 10.3 Å². The SMILES string of the molecule is CCN1c2ccccc2/C(=N/NC(=O)c2cccc3ccccc23)C1C. The minimum absolute atomic E-state index is 0.130. The number of carbonyl (C=O) groups is 1. The molecule has 1 unspecified atom stereocenters. The van der Waals surface area contributed by atoms with Crippen molar-refractivity contribution >= 4 is 28.1 Å². The molecule has 0 saturated carbocycles. The maximum absolute atomic E-state index is 12.8. The third-order valence-corrected chi connectivity index (χ3v) is 5.01. The molecule has 4 nitrogen and oxygen atoms in total. The summed E-state index contributed by atoms with van der Waals surface area (Å²) in [4.78, 5) is 15.0. The average molecular weight is 343 g/mol. The van der Waals surface area contributed by atoms with Gasteiger partial charge in [0, 0.05) is 23.4 Å². The van der Waals surface area contributed by atoms with Crippen LogP contribution >= 0.6 is 0 Å². The Bertz CT molecular complexity index is 1000. The molecular weight excluding hydrogens is 322 g/mol. The second kappa shape index (κ2) is 6.64. The van der Waals surface area contributed by atoms with E-state index in [0.29, 0.717) is 5.56 Å². The van der Waals surface area contributed by atoms with Gasteiger partial charge in [-0.1, -0.05) is 54.6 Å². The van der Waals surface area contributed by atoms with Crippen molar-refractivity contribution in [3.8, 4) is 0 Å². The maximum atomic E-state index is 12.8. The zero-order chi connectivity index (χ0) is 18.1. The molecule has 1 aliphatic rings. The largest absolute Gasteiger partial charge is 0.363 e. The summed E-state index contributed by atoms with van der Waals surface area (Å²) in [5, 5.41) is 6.48. The van der Waals surface area contributed by atoms with Gasteiger partial charge in [0.1, 0.15) is 0 Å². The quantitative estimate of drug-likeness (QED) is 0.724. The molecule has 130 valence electrons. The van der Waals surface area contributed by atoms with Crippen molar-refractivity contribution in [2.45, 2.75) is 19.9 Å². The van der Waals surface area contributed by atoms with Crippen molar-refractivity contribution in [1.82, 2.24) is 5.43 Å². The predicted molar refractivity (Wildman–Crippen MR) is 107 cm³/mol. The average Bonchev–Trinajstić information content (AvgIpc) is 2.96. The van der Waals surface area contributed by atoms with Gasteiger partial charge in [-0.15, -0.1) is 0 Å². The molecule has 0 radical (unpaired) electrons. The lowest BCUT2D eigenvalue weighted by Crippen LogP contribution is -2.34. The Morgan fingerprint density at radius 1 is 1.04 bits per heavy atom. The van der Waals surface area contributed by atoms with Crippen LogP contribution in [0.1, 0.15) is 29.8 Å². The Balaban J connectivity index is 1.67. The van der Waals surface area contributed by atoms with Gasteiger partial charge in [0.15, 0.2) is 0 Å². The summed E-state index contributed by atoms with van der Waals surface area (Å²) < 4.78 is 0. The van der Waals surface area contributed by atoms with E-state index < -0.39 is 0 Å². The second-order valence-electron chi connectivity index (χ2n) is 6.44. The molecule has 4 heteroatoms. The number of benzene rings is 3. The summed E-state index contributed by atoms with van der Waals surface area (Å²) in [6.45, 7) is 5.14. The highest BCUT2D eigenvalue weighted by atomic mass is 16.2. The molecule has 0 bridgehead atoms. The highest BCUT2D eigenvalue weighted by molar-refractivity contribution is 6.15. The van der Waals surface area contributed by atoms with E-state index >= 15 is 0 Å². The number of hydrogen-bond acceptors (Lipinski definition) is 3. The molecule has 3 aromatic rings. The number of anilines is 1. The Morgan fingerprint density at radius 3 is 2.62 bits per heavy atom. The fraction of sp³-hybridized carbons (Fsp3) is 0.182. The molecule has 0 aliphatic carbocycles. The van der Waals surface area contributed by atoms with Crippen molar-refractivity contribution < 1.29 is 4.79 Å². The summed E-state index contributed by atoms with van der Waals surface area (Å²) in [6.07, 6.45) is 0. The number of hydrogen-bond donors (Lipinski definition) is 1. The molecular formula is C22H21N3O. The van der Waals surface area contributed by atoms with E-state index in [2.05, 4.69) is 41.4 Å². The molecule has 1 atom stereocenters. The Hall–Kier alpha value is -3.14. The number of nitrogens with zero attached hydrogens (tertiary/aromatic N) is 2. The van der Waals surface area contributed by atoms with Gasteiger partial charge in [0.05, 0.1) is 11.8 Å². The van der Waals surface area contributed by atoms with Gasteiger partial charge in [-0.3, -0.25) is 4.79 Å². The van der Waals surface area contributed by atoms with Crippen molar-refractivity contribution in [3.05, 3.63) is 77.9 Å². The minimum atomic E-state index is -0.186. The third-order valence-electron chi connectivity index (χ3n) is 5.01. The molecule has 1 N–H and O–H groups in total. The second-order valence-corrected chi connectivity index (χ2v) is 6.44. The molecule has 0 saturated heterocycles. The summed E-state index contributed by atoms with van der Waals surface area (Å²) in [5.41, 5.74) is 6.56. The first-order valence-corrected chi connectivity index (χ1v) is 8.92. The Labute approximate surface area is 153 Å². The molecule has 26 heavy (non-hydrogen) atoms. The summed E-state index contributed by atoms with van der Waals surface area (Å²) in [5.74, 6) is -0.186. The first kappa shape index (κ1) is 16.3. The fourth-order valence-corrected chi connectivity index (χ4v) is 3.71. The Morgan fingerprint density at radius 2 is 1.77 bits per heavy atom. The van der Waals surface area contributed by atoms with Gasteiger partial charge in [-0.2, -0.15) is 5.10 Å². The number of rotatable bonds is 3. The van der Waals surface area contributed by atoms with Crippen LogP contribution in [0.25, 0.3) is 10.8 Å². The first-order chi connectivity index (χ1) is 12.7. The molecule has 1 heterocycles. The number of para-hydroxylation sites is 1. The van der Waals surface area contributed by atoms with E-state index in [1.807, 2.05) is 54.6 Å². The van der Waals surface area contributed by atoms with Crippen LogP contribution in [-0.4, -0.2) is 24.2 Å². The topological polar surface area (TPSA) is 44.7 Å². The van der Waals surface area contributed by atoms with Crippen molar-refractivity contribution in [2.75, 3.05) is 11.4 Å². The van der Waals surface area contributed by atoms with Crippen LogP contribution in [0.3, 0.4) is 0 Å². The fourth-order valence-electron chi connectivity index (χ4n) is 3.71. The maximum Gasteiger partial charge on any atom is 0.272 e. The first-order valence-electron chi connectivity index (χ1n) is 8.92. The van der Waals surface area contributed by atoms with Crippen LogP contribution in [0.15, 0.2) is 71.8 Å². The number of fused-ring (bicyclic) bond motifs is 2. The summed E-state index contributed by atoms with van der Waals surface area (Å²) in [6, 6.07) is 22.0. The predicted octanol–water partition coefficient (Wildman–Crippen LogP) is 4.20. The van der Waals surface area contributed by atoms with E-state index in [9.17, 15) is 4.79 Å². The van der Waals surface area contributed by atoms with Crippen LogP contribution in [0.2, 0.25) is 0 Å². The highest BCUT2D eigenvalue weighted by Crippen LogP contribution is 2.31. The molecule has 3 aromatic carbocycles. The van der Waals surface area contributed by atoms with Crippen LogP contribution in [0.5, 0.6) is 0 Å². The van der Waals surface area contributed by atoms with Crippen LogP contribution in [0.4, 0.5) is 5.69 Å². The standard InChI is InChI=1S/C22H21N3O/c1-3-25-15(2)21(19-12-6-7-14-20(19)25)23-24-22(26)18-13-8-10-16-9-4-5-11-17(16)18/h4-15H,3H2,1-2H3,(H,24,26)/b23-21+. The highest BCUT2D eigenvalue weighted by Gasteiger charge is 2.31. The van der Waals surface area contributed by atoms with Gasteiger partial charge in [-0.25, -0.2) is 5.43 Å². The van der Waals surface area contributed by atoms with Gasteiger partial charge < -0.3 is 4.90 Å². The summed E-state index contributed by atoms with van der Waals surface area (Å²) >= 11 is 0. The molecule has 0 fully saturated rings. The lowest BCUT2D eigenvalue weighted by Gasteiger charge is -2.22. The zero-order valence-electron chi connectivity index (χ0n) is 14.9. The number of nitrogens with one attached hydrogen (secondary N) is 1. The van der Waals surface area contributed by atoms with Crippen molar-refractivity contribution in [3.63, 3.8) is 0 Å². The monoisotopic (exact) mass is 343 g/mol. The van der Waals surface area contributed by atoms with E-state index in [1.165, 1.54) is 5.69 Å². The van der Waals surface area contributed by atoms with Gasteiger partial charge >= 0.3 is 0 Å². The number of amides is 1. The van der Waals surface area contributed by atoms with E-state index in [0.717, 1.165) is 28.6 Å². The smallest absolute Gasteiger partial charge is 0.272 e. The zero-order valence-corrected chi connectivity index (χ0v) is 14.9. The number of hydrazone groups is 1. The minimum Gasteiger partial charge on any atom is -0.363 e. The molecule has 0 spiro atoms.